The number of H-pyrrole nitrogens is 1. The largest absolute Gasteiger partial charge is 0.330 e. The molecule has 1 aliphatic rings. The summed E-state index contributed by atoms with van der Waals surface area (Å²) < 4.78 is 52.5. The summed E-state index contributed by atoms with van der Waals surface area (Å²) >= 11 is 5.09. The fourth-order valence-electron chi connectivity index (χ4n) is 2.63. The highest BCUT2D eigenvalue weighted by Crippen LogP contribution is 2.26. The van der Waals surface area contributed by atoms with Crippen LogP contribution in [-0.2, 0) is 16.4 Å². The second-order valence-corrected chi connectivity index (χ2v) is 7.72. The predicted octanol–water partition coefficient (Wildman–Crippen LogP) is 2.55. The van der Waals surface area contributed by atoms with E-state index in [0.29, 0.717) is 18.4 Å². The van der Waals surface area contributed by atoms with Gasteiger partial charge in [-0.25, -0.2) is 17.2 Å². The maximum absolute atomic E-state index is 13.9. The molecule has 0 saturated carbocycles. The maximum Gasteiger partial charge on any atom is 0.184 e. The van der Waals surface area contributed by atoms with E-state index in [2.05, 4.69) is 4.98 Å². The summed E-state index contributed by atoms with van der Waals surface area (Å²) in [6, 6.07) is 2.41. The molecular weight excluding hydrogens is 306 g/mol. The zero-order chi connectivity index (χ0) is 14.5. The zero-order valence-electron chi connectivity index (χ0n) is 10.4. The van der Waals surface area contributed by atoms with Crippen molar-refractivity contribution in [3.05, 3.63) is 28.5 Å². The number of benzene rings is 1. The summed E-state index contributed by atoms with van der Waals surface area (Å²) in [6.45, 7) is 0.0571. The molecule has 2 aromatic rings. The average Bonchev–Trinajstić information content (AvgIpc) is 2.87. The van der Waals surface area contributed by atoms with Gasteiger partial charge >= 0.3 is 0 Å². The van der Waals surface area contributed by atoms with Crippen molar-refractivity contribution in [3.63, 3.8) is 0 Å². The molecule has 0 aliphatic carbocycles. The van der Waals surface area contributed by atoms with Gasteiger partial charge in [-0.05, 0) is 37.2 Å². The van der Waals surface area contributed by atoms with Crippen molar-refractivity contribution in [1.29, 1.82) is 0 Å². The standard InChI is InChI=1S/C12H12F2N2O2S2/c13-8-3-4-9-11(10(8)14)16(12(19)15-9)6-7-2-1-5-20(7,17)18/h3-4,7H,1-2,5-6H2,(H,15,19). The minimum Gasteiger partial charge on any atom is -0.330 e. The molecule has 2 heterocycles. The molecule has 8 heteroatoms. The Morgan fingerprint density at radius 1 is 1.40 bits per heavy atom. The normalized spacial score (nSPS) is 21.6. The number of hydrogen-bond donors (Lipinski definition) is 1. The van der Waals surface area contributed by atoms with Crippen molar-refractivity contribution in [2.24, 2.45) is 0 Å². The van der Waals surface area contributed by atoms with E-state index in [0.717, 1.165) is 6.07 Å². The van der Waals surface area contributed by atoms with Crippen LogP contribution in [0.1, 0.15) is 12.8 Å². The molecule has 1 saturated heterocycles. The van der Waals surface area contributed by atoms with Crippen molar-refractivity contribution < 1.29 is 17.2 Å². The molecule has 4 nitrogen and oxygen atoms in total. The lowest BCUT2D eigenvalue weighted by Crippen LogP contribution is -2.22. The highest BCUT2D eigenvalue weighted by molar-refractivity contribution is 7.92. The molecule has 0 bridgehead atoms. The molecule has 1 N–H and O–H groups in total. The van der Waals surface area contributed by atoms with Gasteiger partial charge in [0.25, 0.3) is 0 Å². The van der Waals surface area contributed by atoms with Gasteiger partial charge in [-0.2, -0.15) is 0 Å². The molecule has 1 aliphatic heterocycles. The lowest BCUT2D eigenvalue weighted by atomic mass is 10.2. The molecule has 1 atom stereocenters. The summed E-state index contributed by atoms with van der Waals surface area (Å²) in [5.74, 6) is -1.84. The minimum absolute atomic E-state index is 0.00269. The maximum atomic E-state index is 13.9. The monoisotopic (exact) mass is 318 g/mol. The number of rotatable bonds is 2. The Hall–Kier alpha value is -1.28. The third-order valence-electron chi connectivity index (χ3n) is 3.67. The Labute approximate surface area is 119 Å². The Kier molecular flexibility index (Phi) is 3.17. The highest BCUT2D eigenvalue weighted by atomic mass is 32.2. The van der Waals surface area contributed by atoms with Crippen LogP contribution in [0.5, 0.6) is 0 Å². The van der Waals surface area contributed by atoms with Crippen LogP contribution in [0.4, 0.5) is 8.78 Å². The molecule has 108 valence electrons. The summed E-state index contributed by atoms with van der Waals surface area (Å²) in [4.78, 5) is 2.77. The van der Waals surface area contributed by atoms with E-state index in [-0.39, 0.29) is 22.6 Å². The number of imidazole rings is 1. The van der Waals surface area contributed by atoms with Gasteiger partial charge in [0.05, 0.1) is 16.5 Å². The number of nitrogens with one attached hydrogen (secondary N) is 1. The summed E-state index contributed by atoms with van der Waals surface area (Å²) in [5.41, 5.74) is 0.362. The Bertz CT molecular complexity index is 839. The fourth-order valence-corrected chi connectivity index (χ4v) is 4.71. The van der Waals surface area contributed by atoms with Crippen LogP contribution in [0.25, 0.3) is 11.0 Å². The molecule has 1 aromatic heterocycles. The van der Waals surface area contributed by atoms with Gasteiger partial charge in [-0.15, -0.1) is 0 Å². The van der Waals surface area contributed by atoms with Crippen molar-refractivity contribution in [3.8, 4) is 0 Å². The van der Waals surface area contributed by atoms with E-state index in [9.17, 15) is 17.2 Å². The zero-order valence-corrected chi connectivity index (χ0v) is 12.0. The number of aromatic nitrogens is 2. The molecule has 1 fully saturated rings. The number of nitrogens with zero attached hydrogens (tertiary/aromatic N) is 1. The molecule has 1 aromatic carbocycles. The third-order valence-corrected chi connectivity index (χ3v) is 6.26. The second-order valence-electron chi connectivity index (χ2n) is 4.93. The second kappa shape index (κ2) is 4.63. The Morgan fingerprint density at radius 2 is 2.15 bits per heavy atom. The first kappa shape index (κ1) is 13.7. The van der Waals surface area contributed by atoms with Gasteiger partial charge in [0.1, 0.15) is 5.52 Å². The predicted molar refractivity (Wildman–Crippen MR) is 73.8 cm³/mol. The number of halogens is 2. The van der Waals surface area contributed by atoms with E-state index in [1.54, 1.807) is 0 Å². The molecular formula is C12H12F2N2O2S2. The first-order valence-corrected chi connectivity index (χ1v) is 8.30. The number of aromatic amines is 1. The lowest BCUT2D eigenvalue weighted by molar-refractivity contribution is 0.508. The van der Waals surface area contributed by atoms with Crippen LogP contribution in [0.15, 0.2) is 12.1 Å². The summed E-state index contributed by atoms with van der Waals surface area (Å²) in [7, 11) is -3.17. The Morgan fingerprint density at radius 3 is 2.80 bits per heavy atom. The lowest BCUT2D eigenvalue weighted by Gasteiger charge is -2.11. The highest BCUT2D eigenvalue weighted by Gasteiger charge is 2.32. The van der Waals surface area contributed by atoms with Crippen LogP contribution >= 0.6 is 12.2 Å². The molecule has 0 spiro atoms. The van der Waals surface area contributed by atoms with Gasteiger partial charge in [0, 0.05) is 6.54 Å². The topological polar surface area (TPSA) is 54.9 Å². The van der Waals surface area contributed by atoms with Crippen LogP contribution in [0.2, 0.25) is 0 Å². The first-order chi connectivity index (χ1) is 9.40. The van der Waals surface area contributed by atoms with Gasteiger partial charge < -0.3 is 9.55 Å². The number of hydrogen-bond acceptors (Lipinski definition) is 3. The molecule has 3 rings (SSSR count). The van der Waals surface area contributed by atoms with Crippen molar-refractivity contribution in [2.75, 3.05) is 5.75 Å². The fraction of sp³-hybridized carbons (Fsp3) is 0.417. The van der Waals surface area contributed by atoms with Gasteiger partial charge in [0.15, 0.2) is 26.2 Å². The van der Waals surface area contributed by atoms with Gasteiger partial charge in [-0.1, -0.05) is 0 Å². The van der Waals surface area contributed by atoms with E-state index in [1.165, 1.54) is 10.6 Å². The summed E-state index contributed by atoms with van der Waals surface area (Å²) in [5, 5.41) is -0.587. The van der Waals surface area contributed by atoms with Crippen molar-refractivity contribution in [1.82, 2.24) is 9.55 Å². The molecule has 1 unspecified atom stereocenters. The van der Waals surface area contributed by atoms with Gasteiger partial charge in [-0.3, -0.25) is 0 Å². The first-order valence-electron chi connectivity index (χ1n) is 6.18. The quantitative estimate of drug-likeness (QED) is 0.866. The molecule has 0 amide bonds. The van der Waals surface area contributed by atoms with Crippen LogP contribution in [-0.4, -0.2) is 29.0 Å². The average molecular weight is 318 g/mol. The third kappa shape index (κ3) is 2.07. The Balaban J connectivity index is 2.14. The minimum atomic E-state index is -3.17. The summed E-state index contributed by atoms with van der Waals surface area (Å²) in [6.07, 6.45) is 1.12. The number of sulfone groups is 1. The van der Waals surface area contributed by atoms with Crippen LogP contribution < -0.4 is 0 Å². The van der Waals surface area contributed by atoms with Crippen molar-refractivity contribution >= 4 is 33.1 Å². The van der Waals surface area contributed by atoms with Crippen LogP contribution in [0.3, 0.4) is 0 Å². The van der Waals surface area contributed by atoms with E-state index >= 15 is 0 Å². The van der Waals surface area contributed by atoms with Gasteiger partial charge in [0.2, 0.25) is 0 Å². The molecule has 20 heavy (non-hydrogen) atoms. The molecule has 0 radical (unpaired) electrons. The van der Waals surface area contributed by atoms with Crippen LogP contribution in [0, 0.1) is 16.4 Å². The van der Waals surface area contributed by atoms with E-state index < -0.39 is 26.7 Å². The number of fused-ring (bicyclic) bond motifs is 1. The SMILES string of the molecule is O=S1(=O)CCCC1Cn1c(=S)[nH]c2ccc(F)c(F)c21. The smallest absolute Gasteiger partial charge is 0.184 e. The van der Waals surface area contributed by atoms with Crippen molar-refractivity contribution in [2.45, 2.75) is 24.6 Å². The van der Waals surface area contributed by atoms with E-state index in [4.69, 9.17) is 12.2 Å². The van der Waals surface area contributed by atoms with E-state index in [1.807, 2.05) is 0 Å².